The summed E-state index contributed by atoms with van der Waals surface area (Å²) in [5, 5.41) is 2.47. The largest absolute Gasteiger partial charge is 0.376 e. The zero-order chi connectivity index (χ0) is 6.57. The van der Waals surface area contributed by atoms with E-state index in [4.69, 9.17) is 11.5 Å². The fourth-order valence-electron chi connectivity index (χ4n) is 0.174. The Labute approximate surface area is 52.2 Å². The summed E-state index contributed by atoms with van der Waals surface area (Å²) >= 11 is 4.37. The van der Waals surface area contributed by atoms with Gasteiger partial charge in [-0.2, -0.15) is 0 Å². The molecular weight excluding hydrogens is 126 g/mol. The molecule has 0 saturated carbocycles. The van der Waals surface area contributed by atoms with Gasteiger partial charge in [0.05, 0.1) is 6.54 Å². The molecule has 0 aliphatic carbocycles. The van der Waals surface area contributed by atoms with E-state index in [1.165, 1.54) is 0 Å². The number of nitrogens with one attached hydrogen (secondary N) is 1. The van der Waals surface area contributed by atoms with Gasteiger partial charge in [0.2, 0.25) is 5.91 Å². The number of carbonyl (C=O) groups excluding carboxylic acids is 1. The summed E-state index contributed by atoms with van der Waals surface area (Å²) in [4.78, 5) is 9.95. The molecule has 46 valence electrons. The van der Waals surface area contributed by atoms with Crippen LogP contribution in [-0.4, -0.2) is 17.6 Å². The number of rotatable bonds is 2. The molecule has 0 rings (SSSR count). The van der Waals surface area contributed by atoms with Gasteiger partial charge in [0.15, 0.2) is 5.11 Å². The highest BCUT2D eigenvalue weighted by molar-refractivity contribution is 7.80. The minimum Gasteiger partial charge on any atom is -0.376 e. The zero-order valence-electron chi connectivity index (χ0n) is 4.18. The van der Waals surface area contributed by atoms with Gasteiger partial charge < -0.3 is 16.8 Å². The van der Waals surface area contributed by atoms with Crippen molar-refractivity contribution in [3.8, 4) is 0 Å². The van der Waals surface area contributed by atoms with Crippen molar-refractivity contribution >= 4 is 23.2 Å². The van der Waals surface area contributed by atoms with Crippen molar-refractivity contribution in [3.63, 3.8) is 0 Å². The van der Waals surface area contributed by atoms with Gasteiger partial charge in [0, 0.05) is 0 Å². The molecule has 0 unspecified atom stereocenters. The molecule has 0 fully saturated rings. The first-order valence-electron chi connectivity index (χ1n) is 1.94. The molecule has 5 heteroatoms. The van der Waals surface area contributed by atoms with Gasteiger partial charge in [-0.25, -0.2) is 0 Å². The Morgan fingerprint density at radius 3 is 2.25 bits per heavy atom. The summed E-state index contributed by atoms with van der Waals surface area (Å²) < 4.78 is 0. The maximum atomic E-state index is 9.95. The van der Waals surface area contributed by atoms with Crippen molar-refractivity contribution in [2.24, 2.45) is 11.5 Å². The summed E-state index contributed by atoms with van der Waals surface area (Å²) in [5.41, 5.74) is 9.68. The fourth-order valence-corrected chi connectivity index (χ4v) is 0.246. The highest BCUT2D eigenvalue weighted by atomic mass is 32.1. The third-order valence-corrected chi connectivity index (χ3v) is 0.581. The van der Waals surface area contributed by atoms with E-state index in [-0.39, 0.29) is 11.7 Å². The lowest BCUT2D eigenvalue weighted by atomic mass is 10.6. The van der Waals surface area contributed by atoms with Gasteiger partial charge in [0.25, 0.3) is 0 Å². The molecule has 5 N–H and O–H groups in total. The number of carbonyl (C=O) groups is 1. The first-order valence-corrected chi connectivity index (χ1v) is 2.35. The van der Waals surface area contributed by atoms with Crippen molar-refractivity contribution < 1.29 is 4.79 Å². The quantitative estimate of drug-likeness (QED) is 0.392. The van der Waals surface area contributed by atoms with Crippen LogP contribution in [0.4, 0.5) is 0 Å². The molecular formula is C3H7N3OS. The Bertz CT molecular complexity index is 99.1. The molecule has 0 aliphatic rings. The molecule has 8 heavy (non-hydrogen) atoms. The zero-order valence-corrected chi connectivity index (χ0v) is 4.99. The van der Waals surface area contributed by atoms with Gasteiger partial charge in [-0.3, -0.25) is 4.79 Å². The van der Waals surface area contributed by atoms with Gasteiger partial charge in [0.1, 0.15) is 0 Å². The predicted octanol–water partition coefficient (Wildman–Crippen LogP) is -1.70. The van der Waals surface area contributed by atoms with Crippen molar-refractivity contribution in [2.75, 3.05) is 6.54 Å². The summed E-state index contributed by atoms with van der Waals surface area (Å²) in [6.07, 6.45) is 0. The van der Waals surface area contributed by atoms with Crippen LogP contribution in [0.15, 0.2) is 0 Å². The second kappa shape index (κ2) is 3.20. The average molecular weight is 133 g/mol. The van der Waals surface area contributed by atoms with Gasteiger partial charge in [-0.1, -0.05) is 0 Å². The van der Waals surface area contributed by atoms with E-state index < -0.39 is 5.91 Å². The maximum absolute atomic E-state index is 9.95. The number of hydrogen-bond donors (Lipinski definition) is 3. The standard InChI is InChI=1S/C3H7N3OS/c4-2(7)1-6-3(5)8/h1H2,(H2,4,7)(H3,5,6,8). The first kappa shape index (κ1) is 7.16. The van der Waals surface area contributed by atoms with Crippen LogP contribution < -0.4 is 16.8 Å². The molecule has 0 bridgehead atoms. The minimum absolute atomic E-state index is 0.00926. The lowest BCUT2D eigenvalue weighted by molar-refractivity contribution is -0.116. The van der Waals surface area contributed by atoms with Crippen molar-refractivity contribution in [2.45, 2.75) is 0 Å². The third-order valence-electron chi connectivity index (χ3n) is 0.437. The monoisotopic (exact) mass is 133 g/mol. The van der Waals surface area contributed by atoms with E-state index in [0.29, 0.717) is 0 Å². The highest BCUT2D eigenvalue weighted by Gasteiger charge is 1.90. The van der Waals surface area contributed by atoms with Crippen LogP contribution in [0.5, 0.6) is 0 Å². The molecule has 0 aliphatic heterocycles. The molecule has 1 amide bonds. The molecule has 0 radical (unpaired) electrons. The topological polar surface area (TPSA) is 81.1 Å². The third kappa shape index (κ3) is 5.16. The number of primary amides is 1. The second-order valence-corrected chi connectivity index (χ2v) is 1.62. The molecule has 4 nitrogen and oxygen atoms in total. The minimum atomic E-state index is -0.474. The summed E-state index contributed by atoms with van der Waals surface area (Å²) in [7, 11) is 0. The predicted molar refractivity (Wildman–Crippen MR) is 34.0 cm³/mol. The number of nitrogens with two attached hydrogens (primary N) is 2. The molecule has 0 aromatic rings. The molecule has 0 spiro atoms. The Morgan fingerprint density at radius 1 is 1.62 bits per heavy atom. The van der Waals surface area contributed by atoms with Crippen molar-refractivity contribution in [3.05, 3.63) is 0 Å². The van der Waals surface area contributed by atoms with Crippen LogP contribution in [0.2, 0.25) is 0 Å². The number of amides is 1. The Kier molecular flexibility index (Phi) is 2.86. The van der Waals surface area contributed by atoms with Gasteiger partial charge in [-0.05, 0) is 12.2 Å². The van der Waals surface area contributed by atoms with E-state index >= 15 is 0 Å². The lowest BCUT2D eigenvalue weighted by Gasteiger charge is -1.96. The van der Waals surface area contributed by atoms with Gasteiger partial charge >= 0.3 is 0 Å². The van der Waals surface area contributed by atoms with Crippen LogP contribution in [0.3, 0.4) is 0 Å². The summed E-state index contributed by atoms with van der Waals surface area (Å²) in [6, 6.07) is 0. The Hall–Kier alpha value is -0.840. The van der Waals surface area contributed by atoms with E-state index in [1.54, 1.807) is 0 Å². The second-order valence-electron chi connectivity index (χ2n) is 1.18. The SMILES string of the molecule is NC(=O)CNC(N)=S. The van der Waals surface area contributed by atoms with E-state index in [2.05, 4.69) is 17.5 Å². The summed E-state index contributed by atoms with van der Waals surface area (Å²) in [6.45, 7) is 0.00926. The smallest absolute Gasteiger partial charge is 0.236 e. The van der Waals surface area contributed by atoms with Crippen LogP contribution >= 0.6 is 12.2 Å². The van der Waals surface area contributed by atoms with E-state index in [0.717, 1.165) is 0 Å². The Morgan fingerprint density at radius 2 is 2.12 bits per heavy atom. The average Bonchev–Trinajstić information content (AvgIpc) is 1.61. The van der Waals surface area contributed by atoms with Crippen LogP contribution in [0.1, 0.15) is 0 Å². The van der Waals surface area contributed by atoms with E-state index in [9.17, 15) is 4.79 Å². The van der Waals surface area contributed by atoms with Crippen molar-refractivity contribution in [1.82, 2.24) is 5.32 Å². The molecule has 0 heterocycles. The summed E-state index contributed by atoms with van der Waals surface area (Å²) in [5.74, 6) is -0.474. The lowest BCUT2D eigenvalue weighted by Crippen LogP contribution is -2.36. The normalized spacial score (nSPS) is 8.00. The van der Waals surface area contributed by atoms with Gasteiger partial charge in [-0.15, -0.1) is 0 Å². The van der Waals surface area contributed by atoms with Crippen LogP contribution in [0.25, 0.3) is 0 Å². The molecule has 0 saturated heterocycles. The number of hydrogen-bond acceptors (Lipinski definition) is 2. The van der Waals surface area contributed by atoms with E-state index in [1.807, 2.05) is 0 Å². The Balaban J connectivity index is 3.18. The number of thiocarbonyl (C=S) groups is 1. The molecule has 0 atom stereocenters. The highest BCUT2D eigenvalue weighted by Crippen LogP contribution is 1.56. The fraction of sp³-hybridized carbons (Fsp3) is 0.333. The van der Waals surface area contributed by atoms with Crippen LogP contribution in [-0.2, 0) is 4.79 Å². The maximum Gasteiger partial charge on any atom is 0.236 e. The molecule has 0 aromatic heterocycles. The van der Waals surface area contributed by atoms with Crippen molar-refractivity contribution in [1.29, 1.82) is 0 Å². The van der Waals surface area contributed by atoms with Crippen LogP contribution in [0, 0.1) is 0 Å². The molecule has 0 aromatic carbocycles. The first-order chi connectivity index (χ1) is 3.63.